The van der Waals surface area contributed by atoms with Gasteiger partial charge in [0.05, 0.1) is 0 Å². The zero-order valence-electron chi connectivity index (χ0n) is 11.9. The summed E-state index contributed by atoms with van der Waals surface area (Å²) in [5, 5.41) is 4.65. The van der Waals surface area contributed by atoms with Crippen molar-refractivity contribution < 1.29 is 0 Å². The third kappa shape index (κ3) is 5.30. The van der Waals surface area contributed by atoms with Crippen LogP contribution < -0.4 is 5.32 Å². The lowest BCUT2D eigenvalue weighted by Gasteiger charge is -2.20. The van der Waals surface area contributed by atoms with Crippen molar-refractivity contribution in [2.75, 3.05) is 25.9 Å². The molecule has 17 heavy (non-hydrogen) atoms. The van der Waals surface area contributed by atoms with Crippen LogP contribution in [0, 0.1) is 5.92 Å². The molecule has 0 aromatic heterocycles. The van der Waals surface area contributed by atoms with Gasteiger partial charge < -0.3 is 10.2 Å². The molecular weight excluding hydrogens is 230 g/mol. The van der Waals surface area contributed by atoms with Gasteiger partial charge in [-0.15, -0.1) is 0 Å². The van der Waals surface area contributed by atoms with Crippen LogP contribution in [0.1, 0.15) is 34.1 Å². The normalized spacial score (nSPS) is 23.1. The van der Waals surface area contributed by atoms with Gasteiger partial charge in [0.25, 0.3) is 0 Å². The standard InChI is InChI=1S/C13H27N3S/c1-10(2)12-9-17-13(15-12)14-7-6-8-16(5)11(3)4/h10-12H,6-9H2,1-5H3,(H,14,15). The molecule has 100 valence electrons. The SMILES string of the molecule is CC(C)C1CSC(=NCCCN(C)C(C)C)N1. The average Bonchev–Trinajstić information content (AvgIpc) is 2.72. The number of rotatable bonds is 6. The lowest BCUT2D eigenvalue weighted by molar-refractivity contribution is 0.272. The monoisotopic (exact) mass is 257 g/mol. The van der Waals surface area contributed by atoms with Crippen LogP contribution in [0.3, 0.4) is 0 Å². The maximum Gasteiger partial charge on any atom is 0.156 e. The van der Waals surface area contributed by atoms with Crippen LogP contribution in [0.25, 0.3) is 0 Å². The average molecular weight is 257 g/mol. The van der Waals surface area contributed by atoms with Crippen molar-refractivity contribution in [3.8, 4) is 0 Å². The summed E-state index contributed by atoms with van der Waals surface area (Å²) in [6, 6.07) is 1.24. The molecule has 1 unspecified atom stereocenters. The van der Waals surface area contributed by atoms with E-state index >= 15 is 0 Å². The van der Waals surface area contributed by atoms with E-state index in [1.54, 1.807) is 0 Å². The Morgan fingerprint density at radius 2 is 2.12 bits per heavy atom. The molecule has 0 amide bonds. The molecule has 1 aliphatic heterocycles. The lowest BCUT2D eigenvalue weighted by atomic mass is 10.1. The molecule has 3 nitrogen and oxygen atoms in total. The Kier molecular flexibility index (Phi) is 6.34. The quantitative estimate of drug-likeness (QED) is 0.741. The van der Waals surface area contributed by atoms with E-state index < -0.39 is 0 Å². The van der Waals surface area contributed by atoms with E-state index in [0.717, 1.165) is 24.7 Å². The number of thioether (sulfide) groups is 1. The number of nitrogens with zero attached hydrogens (tertiary/aromatic N) is 2. The van der Waals surface area contributed by atoms with Crippen LogP contribution in [0.15, 0.2) is 4.99 Å². The Hall–Kier alpha value is -0.220. The fourth-order valence-electron chi connectivity index (χ4n) is 1.62. The second-order valence-corrected chi connectivity index (χ2v) is 6.43. The van der Waals surface area contributed by atoms with Gasteiger partial charge in [-0.05, 0) is 39.8 Å². The topological polar surface area (TPSA) is 27.6 Å². The highest BCUT2D eigenvalue weighted by molar-refractivity contribution is 8.14. The van der Waals surface area contributed by atoms with Crippen LogP contribution in [0.5, 0.6) is 0 Å². The number of nitrogens with one attached hydrogen (secondary N) is 1. The van der Waals surface area contributed by atoms with Gasteiger partial charge in [0.1, 0.15) is 0 Å². The zero-order valence-corrected chi connectivity index (χ0v) is 12.7. The third-order valence-corrected chi connectivity index (χ3v) is 4.37. The minimum Gasteiger partial charge on any atom is -0.361 e. The van der Waals surface area contributed by atoms with E-state index in [1.165, 1.54) is 5.75 Å². The predicted octanol–water partition coefficient (Wildman–Crippen LogP) is 2.43. The van der Waals surface area contributed by atoms with Gasteiger partial charge in [-0.3, -0.25) is 4.99 Å². The number of hydrogen-bond acceptors (Lipinski definition) is 3. The van der Waals surface area contributed by atoms with Gasteiger partial charge in [-0.25, -0.2) is 0 Å². The molecule has 1 fully saturated rings. The minimum atomic E-state index is 0.608. The van der Waals surface area contributed by atoms with Crippen LogP contribution >= 0.6 is 11.8 Å². The molecule has 1 aliphatic rings. The van der Waals surface area contributed by atoms with Crippen molar-refractivity contribution in [1.82, 2.24) is 10.2 Å². The highest BCUT2D eigenvalue weighted by atomic mass is 32.2. The summed E-state index contributed by atoms with van der Waals surface area (Å²) in [5.41, 5.74) is 0. The number of hydrogen-bond donors (Lipinski definition) is 1. The highest BCUT2D eigenvalue weighted by Gasteiger charge is 2.22. The van der Waals surface area contributed by atoms with Gasteiger partial charge in [-0.2, -0.15) is 0 Å². The molecule has 1 heterocycles. The first kappa shape index (κ1) is 14.8. The van der Waals surface area contributed by atoms with Crippen LogP contribution in [-0.2, 0) is 0 Å². The second-order valence-electron chi connectivity index (χ2n) is 5.42. The Bertz CT molecular complexity index is 251. The summed E-state index contributed by atoms with van der Waals surface area (Å²) in [6.45, 7) is 11.1. The predicted molar refractivity (Wildman–Crippen MR) is 78.9 cm³/mol. The van der Waals surface area contributed by atoms with Crippen LogP contribution in [0.2, 0.25) is 0 Å². The molecule has 1 atom stereocenters. The highest BCUT2D eigenvalue weighted by Crippen LogP contribution is 2.18. The Labute approximate surface area is 110 Å². The molecule has 1 N–H and O–H groups in total. The van der Waals surface area contributed by atoms with Crippen LogP contribution in [-0.4, -0.2) is 48.0 Å². The lowest BCUT2D eigenvalue weighted by Crippen LogP contribution is -2.31. The summed E-state index contributed by atoms with van der Waals surface area (Å²) in [5.74, 6) is 1.87. The molecular formula is C13H27N3S. The fraction of sp³-hybridized carbons (Fsp3) is 0.923. The van der Waals surface area contributed by atoms with Gasteiger partial charge in [0.15, 0.2) is 5.17 Å². The van der Waals surface area contributed by atoms with Crippen molar-refractivity contribution in [2.45, 2.75) is 46.2 Å². The van der Waals surface area contributed by atoms with E-state index in [2.05, 4.69) is 50.0 Å². The molecule has 1 rings (SSSR count). The molecule has 0 aliphatic carbocycles. The largest absolute Gasteiger partial charge is 0.361 e. The Balaban J connectivity index is 2.18. The van der Waals surface area contributed by atoms with E-state index in [-0.39, 0.29) is 0 Å². The molecule has 0 bridgehead atoms. The van der Waals surface area contributed by atoms with Crippen molar-refractivity contribution >= 4 is 16.9 Å². The summed E-state index contributed by atoms with van der Waals surface area (Å²) >= 11 is 1.87. The van der Waals surface area contributed by atoms with E-state index in [9.17, 15) is 0 Å². The van der Waals surface area contributed by atoms with E-state index in [0.29, 0.717) is 18.0 Å². The Morgan fingerprint density at radius 3 is 2.65 bits per heavy atom. The minimum absolute atomic E-state index is 0.608. The first-order chi connectivity index (χ1) is 8.00. The van der Waals surface area contributed by atoms with E-state index in [1.807, 2.05) is 11.8 Å². The van der Waals surface area contributed by atoms with Gasteiger partial charge in [0, 0.05) is 24.4 Å². The summed E-state index contributed by atoms with van der Waals surface area (Å²) in [4.78, 5) is 7.00. The van der Waals surface area contributed by atoms with Crippen molar-refractivity contribution in [1.29, 1.82) is 0 Å². The zero-order chi connectivity index (χ0) is 12.8. The molecule has 0 spiro atoms. The molecule has 0 aromatic carbocycles. The first-order valence-corrected chi connectivity index (χ1v) is 7.63. The summed E-state index contributed by atoms with van der Waals surface area (Å²) in [7, 11) is 2.18. The van der Waals surface area contributed by atoms with E-state index in [4.69, 9.17) is 0 Å². The van der Waals surface area contributed by atoms with Crippen molar-refractivity contribution in [3.05, 3.63) is 0 Å². The molecule has 0 saturated carbocycles. The first-order valence-electron chi connectivity index (χ1n) is 6.64. The molecule has 0 aromatic rings. The second kappa shape index (κ2) is 7.27. The van der Waals surface area contributed by atoms with Gasteiger partial charge in [-0.1, -0.05) is 25.6 Å². The molecule has 0 radical (unpaired) electrons. The smallest absolute Gasteiger partial charge is 0.156 e. The van der Waals surface area contributed by atoms with Crippen molar-refractivity contribution in [3.63, 3.8) is 0 Å². The summed E-state index contributed by atoms with van der Waals surface area (Å²) in [6.07, 6.45) is 1.15. The fourth-order valence-corrected chi connectivity index (χ4v) is 2.84. The summed E-state index contributed by atoms with van der Waals surface area (Å²) < 4.78 is 0. The van der Waals surface area contributed by atoms with Gasteiger partial charge >= 0.3 is 0 Å². The Morgan fingerprint density at radius 1 is 1.41 bits per heavy atom. The number of aliphatic imine (C=N–C) groups is 1. The molecule has 4 heteroatoms. The molecule has 1 saturated heterocycles. The third-order valence-electron chi connectivity index (χ3n) is 3.32. The maximum atomic E-state index is 4.63. The number of amidine groups is 1. The van der Waals surface area contributed by atoms with Crippen molar-refractivity contribution in [2.24, 2.45) is 10.9 Å². The van der Waals surface area contributed by atoms with Gasteiger partial charge in [0.2, 0.25) is 0 Å². The van der Waals surface area contributed by atoms with Crippen LogP contribution in [0.4, 0.5) is 0 Å². The maximum absolute atomic E-state index is 4.63.